The number of para-hydroxylation sites is 1. The highest BCUT2D eigenvalue weighted by atomic mass is 32.2. The van der Waals surface area contributed by atoms with Gasteiger partial charge in [0.15, 0.2) is 5.78 Å². The Kier molecular flexibility index (Phi) is 5.41. The minimum Gasteiger partial charge on any atom is -0.497 e. The maximum absolute atomic E-state index is 13.8. The van der Waals surface area contributed by atoms with Gasteiger partial charge in [-0.05, 0) is 42.3 Å². The van der Waals surface area contributed by atoms with E-state index in [4.69, 9.17) is 9.72 Å². The van der Waals surface area contributed by atoms with E-state index in [1.165, 1.54) is 11.8 Å². The third-order valence-corrected chi connectivity index (χ3v) is 6.81. The fourth-order valence-corrected chi connectivity index (χ4v) is 5.14. The lowest BCUT2D eigenvalue weighted by Crippen LogP contribution is -2.10. The molecule has 0 spiro atoms. The summed E-state index contributed by atoms with van der Waals surface area (Å²) in [6, 6.07) is 25.7. The number of ketones is 1. The zero-order valence-electron chi connectivity index (χ0n) is 17.8. The Balaban J connectivity index is 1.58. The first kappa shape index (κ1) is 20.3. The number of hydrogen-bond donors (Lipinski definition) is 1. The number of carbonyl (C=O) groups is 1. The summed E-state index contributed by atoms with van der Waals surface area (Å²) in [6.45, 7) is 2.07. The van der Waals surface area contributed by atoms with Crippen molar-refractivity contribution in [2.75, 3.05) is 7.11 Å². The van der Waals surface area contributed by atoms with Crippen molar-refractivity contribution in [3.63, 3.8) is 0 Å². The number of aromatic nitrogens is 2. The molecule has 158 valence electrons. The van der Waals surface area contributed by atoms with Crippen LogP contribution in [0.25, 0.3) is 21.8 Å². The maximum atomic E-state index is 13.8. The first-order valence-corrected chi connectivity index (χ1v) is 11.3. The van der Waals surface area contributed by atoms with Crippen molar-refractivity contribution >= 4 is 39.4 Å². The topological polar surface area (TPSA) is 55.0 Å². The van der Waals surface area contributed by atoms with E-state index < -0.39 is 5.25 Å². The number of methoxy groups -OCH3 is 1. The van der Waals surface area contributed by atoms with E-state index in [1.54, 1.807) is 7.11 Å². The van der Waals surface area contributed by atoms with Crippen LogP contribution in [-0.4, -0.2) is 22.9 Å². The molecule has 0 unspecified atom stereocenters. The zero-order chi connectivity index (χ0) is 22.1. The molecule has 3 aromatic carbocycles. The van der Waals surface area contributed by atoms with Crippen LogP contribution in [0.15, 0.2) is 90.1 Å². The molecule has 2 aromatic heterocycles. The van der Waals surface area contributed by atoms with Gasteiger partial charge >= 0.3 is 0 Å². The Labute approximate surface area is 190 Å². The second-order valence-corrected chi connectivity index (χ2v) is 8.81. The molecule has 5 aromatic rings. The largest absolute Gasteiger partial charge is 0.497 e. The van der Waals surface area contributed by atoms with E-state index in [9.17, 15) is 4.79 Å². The van der Waals surface area contributed by atoms with Gasteiger partial charge in [-0.25, -0.2) is 4.98 Å². The van der Waals surface area contributed by atoms with Crippen LogP contribution in [0.1, 0.15) is 26.7 Å². The first-order valence-electron chi connectivity index (χ1n) is 10.4. The normalized spacial score (nSPS) is 12.2. The van der Waals surface area contributed by atoms with Gasteiger partial charge in [0, 0.05) is 34.1 Å². The number of aryl methyl sites for hydroxylation is 1. The molecule has 4 nitrogen and oxygen atoms in total. The smallest absolute Gasteiger partial charge is 0.182 e. The van der Waals surface area contributed by atoms with E-state index in [1.807, 2.05) is 79.0 Å². The van der Waals surface area contributed by atoms with E-state index >= 15 is 0 Å². The van der Waals surface area contributed by atoms with Gasteiger partial charge in [0.1, 0.15) is 5.75 Å². The lowest BCUT2D eigenvalue weighted by Gasteiger charge is -2.16. The number of H-pyrrole nitrogens is 1. The number of hydrogen-bond acceptors (Lipinski definition) is 4. The third-order valence-electron chi connectivity index (χ3n) is 5.63. The second kappa shape index (κ2) is 8.52. The van der Waals surface area contributed by atoms with Gasteiger partial charge in [0.25, 0.3) is 0 Å². The van der Waals surface area contributed by atoms with E-state index in [-0.39, 0.29) is 5.78 Å². The van der Waals surface area contributed by atoms with Gasteiger partial charge in [0.05, 0.1) is 22.9 Å². The number of benzene rings is 3. The number of nitrogens with zero attached hydrogens (tertiary/aromatic N) is 1. The SMILES string of the molecule is COc1ccc2c(C)cc(S[C@H](C(=O)c3c[nH]c4ccccc34)c3ccccc3)nc2c1. The molecule has 5 heteroatoms. The number of fused-ring (bicyclic) bond motifs is 2. The van der Waals surface area contributed by atoms with Crippen LogP contribution in [-0.2, 0) is 0 Å². The van der Waals surface area contributed by atoms with Gasteiger partial charge in [-0.1, -0.05) is 60.3 Å². The Morgan fingerprint density at radius 1 is 0.969 bits per heavy atom. The fraction of sp³-hybridized carbons (Fsp3) is 0.111. The van der Waals surface area contributed by atoms with Crippen LogP contribution in [0, 0.1) is 6.92 Å². The lowest BCUT2D eigenvalue weighted by molar-refractivity contribution is 0.0991. The van der Waals surface area contributed by atoms with Crippen molar-refractivity contribution in [1.29, 1.82) is 0 Å². The molecule has 0 bridgehead atoms. The van der Waals surface area contributed by atoms with Crippen LogP contribution in [0.2, 0.25) is 0 Å². The van der Waals surface area contributed by atoms with Crippen molar-refractivity contribution < 1.29 is 9.53 Å². The molecule has 32 heavy (non-hydrogen) atoms. The fourth-order valence-electron chi connectivity index (χ4n) is 3.98. The number of aromatic amines is 1. The molecule has 0 radical (unpaired) electrons. The minimum atomic E-state index is -0.412. The third kappa shape index (κ3) is 3.76. The summed E-state index contributed by atoms with van der Waals surface area (Å²) in [5.74, 6) is 0.824. The van der Waals surface area contributed by atoms with Gasteiger partial charge in [-0.3, -0.25) is 4.79 Å². The summed E-state index contributed by atoms with van der Waals surface area (Å²) >= 11 is 1.48. The molecule has 0 fully saturated rings. The van der Waals surface area contributed by atoms with Crippen LogP contribution < -0.4 is 4.74 Å². The molecule has 0 saturated heterocycles. The van der Waals surface area contributed by atoms with Gasteiger partial charge in [0.2, 0.25) is 0 Å². The van der Waals surface area contributed by atoms with Crippen molar-refractivity contribution in [2.24, 2.45) is 0 Å². The molecular weight excluding hydrogens is 416 g/mol. The van der Waals surface area contributed by atoms with E-state index in [0.717, 1.165) is 43.7 Å². The average Bonchev–Trinajstić information content (AvgIpc) is 3.26. The first-order chi connectivity index (χ1) is 15.6. The van der Waals surface area contributed by atoms with Crippen LogP contribution in [0.4, 0.5) is 0 Å². The predicted octanol–water partition coefficient (Wildman–Crippen LogP) is 6.75. The Bertz CT molecular complexity index is 1430. The summed E-state index contributed by atoms with van der Waals surface area (Å²) < 4.78 is 5.38. The van der Waals surface area contributed by atoms with Gasteiger partial charge in [-0.15, -0.1) is 0 Å². The number of carbonyl (C=O) groups excluding carboxylic acids is 1. The second-order valence-electron chi connectivity index (χ2n) is 7.68. The average molecular weight is 439 g/mol. The summed E-state index contributed by atoms with van der Waals surface area (Å²) in [5, 5.41) is 2.41. The van der Waals surface area contributed by atoms with Crippen LogP contribution in [0.5, 0.6) is 5.75 Å². The molecule has 0 saturated carbocycles. The summed E-state index contributed by atoms with van der Waals surface area (Å²) in [5.41, 5.74) is 4.59. The quantitative estimate of drug-likeness (QED) is 0.235. The van der Waals surface area contributed by atoms with Crippen LogP contribution in [0.3, 0.4) is 0 Å². The highest BCUT2D eigenvalue weighted by Crippen LogP contribution is 2.39. The standard InChI is InChI=1S/C27H22N2O2S/c1-17-14-25(29-24-15-19(31-2)12-13-20(17)24)32-27(18-8-4-3-5-9-18)26(30)22-16-28-23-11-7-6-10-21(22)23/h3-16,27-28H,1-2H3/t27-/m0/s1. The highest BCUT2D eigenvalue weighted by Gasteiger charge is 2.26. The summed E-state index contributed by atoms with van der Waals surface area (Å²) in [6.07, 6.45) is 1.81. The van der Waals surface area contributed by atoms with Gasteiger partial charge in [-0.2, -0.15) is 0 Å². The summed E-state index contributed by atoms with van der Waals surface area (Å²) in [7, 11) is 1.65. The summed E-state index contributed by atoms with van der Waals surface area (Å²) in [4.78, 5) is 21.9. The minimum absolute atomic E-state index is 0.0591. The Hall–Kier alpha value is -3.57. The number of ether oxygens (including phenoxy) is 1. The Morgan fingerprint density at radius 2 is 1.75 bits per heavy atom. The number of pyridine rings is 1. The maximum Gasteiger partial charge on any atom is 0.182 e. The van der Waals surface area contributed by atoms with Crippen molar-refractivity contribution in [2.45, 2.75) is 17.2 Å². The number of thioether (sulfide) groups is 1. The van der Waals surface area contributed by atoms with E-state index in [0.29, 0.717) is 5.56 Å². The van der Waals surface area contributed by atoms with Crippen molar-refractivity contribution in [3.05, 3.63) is 102 Å². The molecule has 5 rings (SSSR count). The van der Waals surface area contributed by atoms with Gasteiger partial charge < -0.3 is 9.72 Å². The van der Waals surface area contributed by atoms with Crippen molar-refractivity contribution in [1.82, 2.24) is 9.97 Å². The monoisotopic (exact) mass is 438 g/mol. The Morgan fingerprint density at radius 3 is 2.56 bits per heavy atom. The molecular formula is C27H22N2O2S. The van der Waals surface area contributed by atoms with Crippen molar-refractivity contribution in [3.8, 4) is 5.75 Å². The number of rotatable bonds is 6. The predicted molar refractivity (Wildman–Crippen MR) is 131 cm³/mol. The highest BCUT2D eigenvalue weighted by molar-refractivity contribution is 8.00. The molecule has 1 atom stereocenters. The van der Waals surface area contributed by atoms with E-state index in [2.05, 4.69) is 18.0 Å². The molecule has 0 aliphatic rings. The molecule has 2 heterocycles. The lowest BCUT2D eigenvalue weighted by atomic mass is 10.0. The zero-order valence-corrected chi connectivity index (χ0v) is 18.6. The molecule has 0 aliphatic heterocycles. The molecule has 0 amide bonds. The number of Topliss-reactive ketones (excluding diaryl/α,β-unsaturated/α-hetero) is 1. The molecule has 1 N–H and O–H groups in total. The molecule has 0 aliphatic carbocycles. The van der Waals surface area contributed by atoms with Crippen LogP contribution >= 0.6 is 11.8 Å². The number of nitrogens with one attached hydrogen (secondary N) is 1.